The molecule has 2 aromatic rings. The smallest absolute Gasteiger partial charge is 0.0609 e. The highest BCUT2D eigenvalue weighted by atomic mass is 33.6. The van der Waals surface area contributed by atoms with Gasteiger partial charge in [0.25, 0.3) is 4.07 Å². The van der Waals surface area contributed by atoms with E-state index < -0.39 is 4.07 Å². The van der Waals surface area contributed by atoms with Gasteiger partial charge in [-0.2, -0.15) is 0 Å². The molecule has 2 aliphatic rings. The highest BCUT2D eigenvalue weighted by Gasteiger charge is 2.57. The van der Waals surface area contributed by atoms with E-state index in [9.17, 15) is 0 Å². The van der Waals surface area contributed by atoms with Gasteiger partial charge < -0.3 is 0 Å². The maximum atomic E-state index is 2.26. The lowest BCUT2D eigenvalue weighted by atomic mass is 10.4. The topological polar surface area (TPSA) is 0 Å². The molecule has 0 bridgehead atoms. The third-order valence-electron chi connectivity index (χ3n) is 2.54. The van der Waals surface area contributed by atoms with Crippen LogP contribution in [0.3, 0.4) is 0 Å². The predicted octanol–water partition coefficient (Wildman–Crippen LogP) is 6.46. The molecule has 0 amide bonds. The van der Waals surface area contributed by atoms with E-state index in [1.165, 1.54) is 19.6 Å². The van der Waals surface area contributed by atoms with Crippen LogP contribution in [0.5, 0.6) is 0 Å². The predicted molar refractivity (Wildman–Crippen MR) is 83.2 cm³/mol. The summed E-state index contributed by atoms with van der Waals surface area (Å²) in [5.74, 6) is 0. The summed E-state index contributed by atoms with van der Waals surface area (Å²) in [5, 5.41) is 0. The standard InChI is InChI=1S/C12H8PS4/c1-2-6-10-9(5-1)14-13(15-10)16-11-7-3-4-8-12(11)17-13/h1-8H/q+1. The molecule has 2 aromatic carbocycles. The Labute approximate surface area is 117 Å². The third kappa shape index (κ3) is 1.85. The van der Waals surface area contributed by atoms with Gasteiger partial charge in [-0.05, 0) is 24.3 Å². The monoisotopic (exact) mass is 311 g/mol. The van der Waals surface area contributed by atoms with Gasteiger partial charge in [0.1, 0.15) is 0 Å². The summed E-state index contributed by atoms with van der Waals surface area (Å²) < 4.78 is -1.09. The molecule has 0 N–H and O–H groups in total. The van der Waals surface area contributed by atoms with Gasteiger partial charge in [-0.1, -0.05) is 24.3 Å². The molecule has 0 unspecified atom stereocenters. The summed E-state index contributed by atoms with van der Waals surface area (Å²) in [6.07, 6.45) is 0. The maximum absolute atomic E-state index is 2.26. The molecule has 2 heterocycles. The second-order valence-electron chi connectivity index (χ2n) is 3.71. The van der Waals surface area contributed by atoms with E-state index in [4.69, 9.17) is 0 Å². The average Bonchev–Trinajstić information content (AvgIpc) is 2.87. The van der Waals surface area contributed by atoms with Gasteiger partial charge in [-0.25, -0.2) is 0 Å². The first kappa shape index (κ1) is 11.1. The van der Waals surface area contributed by atoms with Crippen molar-refractivity contribution in [2.75, 3.05) is 0 Å². The van der Waals surface area contributed by atoms with E-state index >= 15 is 0 Å². The lowest BCUT2D eigenvalue weighted by Gasteiger charge is -2.03. The van der Waals surface area contributed by atoms with Gasteiger partial charge in [0.2, 0.25) is 0 Å². The van der Waals surface area contributed by atoms with Crippen LogP contribution < -0.4 is 0 Å². The third-order valence-corrected chi connectivity index (χ3v) is 19.0. The quantitative estimate of drug-likeness (QED) is 0.512. The van der Waals surface area contributed by atoms with Crippen LogP contribution in [0.25, 0.3) is 0 Å². The largest absolute Gasteiger partial charge is 0.269 e. The van der Waals surface area contributed by atoms with Crippen LogP contribution in [-0.4, -0.2) is 0 Å². The average molecular weight is 311 g/mol. The fourth-order valence-electron chi connectivity index (χ4n) is 1.80. The van der Waals surface area contributed by atoms with Crippen molar-refractivity contribution in [2.24, 2.45) is 0 Å². The van der Waals surface area contributed by atoms with Crippen molar-refractivity contribution >= 4 is 49.6 Å². The number of benzene rings is 2. The minimum atomic E-state index is -1.09. The minimum Gasteiger partial charge on any atom is -0.0609 e. The Morgan fingerprint density at radius 1 is 0.529 bits per heavy atom. The second-order valence-corrected chi connectivity index (χ2v) is 20.0. The van der Waals surface area contributed by atoms with Crippen molar-refractivity contribution in [1.82, 2.24) is 0 Å². The Hall–Kier alpha value is 0.270. The number of hydrogen-bond acceptors (Lipinski definition) is 4. The molecule has 0 saturated carbocycles. The van der Waals surface area contributed by atoms with Crippen LogP contribution in [0, 0.1) is 0 Å². The Morgan fingerprint density at radius 3 is 1.12 bits per heavy atom. The molecule has 0 aliphatic carbocycles. The highest BCUT2D eigenvalue weighted by molar-refractivity contribution is 9.39. The molecule has 0 radical (unpaired) electrons. The van der Waals surface area contributed by atoms with Crippen molar-refractivity contribution in [2.45, 2.75) is 19.6 Å². The molecule has 84 valence electrons. The van der Waals surface area contributed by atoms with Crippen molar-refractivity contribution in [3.63, 3.8) is 0 Å². The van der Waals surface area contributed by atoms with Crippen LogP contribution in [0.4, 0.5) is 0 Å². The summed E-state index contributed by atoms with van der Waals surface area (Å²) in [6, 6.07) is 17.6. The molecule has 2 aliphatic heterocycles. The molecule has 0 saturated heterocycles. The Morgan fingerprint density at radius 2 is 0.824 bits per heavy atom. The number of rotatable bonds is 0. The Kier molecular flexibility index (Phi) is 2.71. The van der Waals surface area contributed by atoms with Crippen LogP contribution in [0.15, 0.2) is 68.1 Å². The van der Waals surface area contributed by atoms with E-state index in [1.54, 1.807) is 0 Å². The van der Waals surface area contributed by atoms with Crippen molar-refractivity contribution in [3.8, 4) is 0 Å². The van der Waals surface area contributed by atoms with Gasteiger partial charge >= 0.3 is 0 Å². The number of hydrogen-bond donors (Lipinski definition) is 0. The van der Waals surface area contributed by atoms with E-state index in [0.29, 0.717) is 0 Å². The summed E-state index contributed by atoms with van der Waals surface area (Å²) in [6.45, 7) is 0. The van der Waals surface area contributed by atoms with Crippen LogP contribution >= 0.6 is 49.6 Å². The van der Waals surface area contributed by atoms with Crippen molar-refractivity contribution in [1.29, 1.82) is 0 Å². The molecule has 0 fully saturated rings. The lowest BCUT2D eigenvalue weighted by molar-refractivity contribution is 1.27. The first-order chi connectivity index (χ1) is 8.35. The fourth-order valence-corrected chi connectivity index (χ4v) is 21.6. The van der Waals surface area contributed by atoms with E-state index in [0.717, 1.165) is 0 Å². The molecule has 0 nitrogen and oxygen atoms in total. The minimum absolute atomic E-state index is 1.09. The van der Waals surface area contributed by atoms with Crippen LogP contribution in [0.2, 0.25) is 0 Å². The van der Waals surface area contributed by atoms with Gasteiger partial charge in [0.05, 0.1) is 65.1 Å². The Bertz CT molecular complexity index is 492. The van der Waals surface area contributed by atoms with Crippen LogP contribution in [-0.2, 0) is 0 Å². The maximum Gasteiger partial charge on any atom is 0.269 e. The van der Waals surface area contributed by atoms with Crippen molar-refractivity contribution in [3.05, 3.63) is 48.5 Å². The highest BCUT2D eigenvalue weighted by Crippen LogP contribution is 3.05. The SMILES string of the molecule is c1ccc2c(c1)S[P+]1(S2)Sc2ccccc2S1. The molecule has 0 aromatic heterocycles. The fraction of sp³-hybridized carbons (Fsp3) is 0. The molecule has 4 rings (SSSR count). The zero-order valence-corrected chi connectivity index (χ0v) is 12.9. The molecule has 5 heteroatoms. The summed E-state index contributed by atoms with van der Waals surface area (Å²) in [7, 11) is 0. The zero-order chi connectivity index (χ0) is 11.3. The molecule has 1 spiro atoms. The molecular weight excluding hydrogens is 303 g/mol. The van der Waals surface area contributed by atoms with E-state index in [-0.39, 0.29) is 0 Å². The summed E-state index contributed by atoms with van der Waals surface area (Å²) >= 11 is 8.41. The summed E-state index contributed by atoms with van der Waals surface area (Å²) in [4.78, 5) is 5.88. The van der Waals surface area contributed by atoms with Gasteiger partial charge in [-0.3, -0.25) is 0 Å². The van der Waals surface area contributed by atoms with Gasteiger partial charge in [0, 0.05) is 0 Å². The van der Waals surface area contributed by atoms with Crippen molar-refractivity contribution < 1.29 is 0 Å². The zero-order valence-electron chi connectivity index (χ0n) is 8.70. The second kappa shape index (κ2) is 4.14. The lowest BCUT2D eigenvalue weighted by Crippen LogP contribution is -1.65. The normalized spacial score (nSPS) is 19.3. The van der Waals surface area contributed by atoms with Gasteiger partial charge in [0.15, 0.2) is 0 Å². The molecule has 0 atom stereocenters. The number of fused-ring (bicyclic) bond motifs is 2. The van der Waals surface area contributed by atoms with Crippen LogP contribution in [0.1, 0.15) is 0 Å². The van der Waals surface area contributed by atoms with E-state index in [1.807, 2.05) is 0 Å². The van der Waals surface area contributed by atoms with Gasteiger partial charge in [-0.15, -0.1) is 0 Å². The molecule has 17 heavy (non-hydrogen) atoms. The van der Waals surface area contributed by atoms with E-state index in [2.05, 4.69) is 94.1 Å². The first-order valence-electron chi connectivity index (χ1n) is 5.20. The molecular formula is C12H8PS4+. The Balaban J connectivity index is 1.72. The first-order valence-corrected chi connectivity index (χ1v) is 12.7. The summed E-state index contributed by atoms with van der Waals surface area (Å²) in [5.41, 5.74) is 0.